The van der Waals surface area contributed by atoms with Crippen LogP contribution in [0, 0.1) is 0 Å². The molecule has 2 aromatic heterocycles. The second-order valence-corrected chi connectivity index (χ2v) is 6.64. The Morgan fingerprint density at radius 1 is 1.34 bits per heavy atom. The van der Waals surface area contributed by atoms with Gasteiger partial charge < -0.3 is 15.2 Å². The molecule has 0 spiro atoms. The quantitative estimate of drug-likeness (QED) is 0.550. The molecule has 0 radical (unpaired) electrons. The van der Waals surface area contributed by atoms with Crippen LogP contribution in [0.3, 0.4) is 0 Å². The fourth-order valence-corrected chi connectivity index (χ4v) is 3.04. The zero-order valence-corrected chi connectivity index (χ0v) is 16.1. The molecule has 0 saturated heterocycles. The van der Waals surface area contributed by atoms with Crippen LogP contribution in [0.5, 0.6) is 5.75 Å². The summed E-state index contributed by atoms with van der Waals surface area (Å²) in [6.45, 7) is -0.271. The van der Waals surface area contributed by atoms with Crippen LogP contribution >= 0.6 is 11.6 Å². The van der Waals surface area contributed by atoms with Gasteiger partial charge in [-0.25, -0.2) is 8.78 Å². The Kier molecular flexibility index (Phi) is 6.95. The van der Waals surface area contributed by atoms with Crippen molar-refractivity contribution in [1.29, 1.82) is 0 Å². The van der Waals surface area contributed by atoms with Crippen molar-refractivity contribution in [2.45, 2.75) is 19.4 Å². The molecule has 1 amide bonds. The summed E-state index contributed by atoms with van der Waals surface area (Å²) in [5, 5.41) is 16.8. The van der Waals surface area contributed by atoms with Crippen LogP contribution in [-0.4, -0.2) is 52.0 Å². The summed E-state index contributed by atoms with van der Waals surface area (Å²) in [7, 11) is 0. The highest BCUT2D eigenvalue weighted by atomic mass is 35.5. The molecule has 0 aliphatic heterocycles. The van der Waals surface area contributed by atoms with Gasteiger partial charge in [0, 0.05) is 24.3 Å². The van der Waals surface area contributed by atoms with Crippen molar-refractivity contribution in [3.05, 3.63) is 52.9 Å². The second-order valence-electron chi connectivity index (χ2n) is 6.23. The number of aliphatic hydroxyl groups excluding tert-OH is 1. The van der Waals surface area contributed by atoms with Crippen LogP contribution in [0.4, 0.5) is 8.78 Å². The van der Waals surface area contributed by atoms with E-state index >= 15 is 0 Å². The molecule has 0 unspecified atom stereocenters. The van der Waals surface area contributed by atoms with Gasteiger partial charge in [0.1, 0.15) is 12.4 Å². The zero-order chi connectivity index (χ0) is 20.8. The second kappa shape index (κ2) is 9.62. The number of nitrogens with zero attached hydrogens (tertiary/aromatic N) is 3. The summed E-state index contributed by atoms with van der Waals surface area (Å²) >= 11 is 6.11. The Bertz CT molecular complexity index is 997. The number of alkyl halides is 2. The van der Waals surface area contributed by atoms with Gasteiger partial charge in [0.25, 0.3) is 6.43 Å². The first-order chi connectivity index (χ1) is 14.0. The largest absolute Gasteiger partial charge is 0.486 e. The summed E-state index contributed by atoms with van der Waals surface area (Å²) in [5.74, 6) is -0.0420. The van der Waals surface area contributed by atoms with Gasteiger partial charge in [-0.15, -0.1) is 0 Å². The van der Waals surface area contributed by atoms with Crippen LogP contribution in [0.15, 0.2) is 36.7 Å². The lowest BCUT2D eigenvalue weighted by Gasteiger charge is -2.09. The van der Waals surface area contributed by atoms with E-state index in [2.05, 4.69) is 15.4 Å². The molecule has 3 rings (SSSR count). The number of amides is 1. The van der Waals surface area contributed by atoms with E-state index in [9.17, 15) is 13.6 Å². The Balaban J connectivity index is 1.75. The Labute approximate surface area is 170 Å². The molecule has 154 valence electrons. The molecular formula is C19H19ClF2N4O3. The lowest BCUT2D eigenvalue weighted by molar-refractivity contribution is -0.120. The average molecular weight is 425 g/mol. The fraction of sp³-hybridized carbons (Fsp3) is 0.316. The smallest absolute Gasteiger partial charge is 0.272 e. The average Bonchev–Trinajstić information content (AvgIpc) is 3.09. The van der Waals surface area contributed by atoms with Crippen molar-refractivity contribution < 1.29 is 23.4 Å². The molecule has 0 aliphatic rings. The normalized spacial score (nSPS) is 11.2. The van der Waals surface area contributed by atoms with Gasteiger partial charge >= 0.3 is 0 Å². The van der Waals surface area contributed by atoms with E-state index in [0.29, 0.717) is 17.8 Å². The lowest BCUT2D eigenvalue weighted by Crippen LogP contribution is -2.28. The van der Waals surface area contributed by atoms with E-state index in [1.807, 2.05) is 0 Å². The highest BCUT2D eigenvalue weighted by molar-refractivity contribution is 6.32. The first kappa shape index (κ1) is 20.9. The van der Waals surface area contributed by atoms with Gasteiger partial charge in [0.2, 0.25) is 5.91 Å². The molecule has 0 fully saturated rings. The number of pyridine rings is 1. The van der Waals surface area contributed by atoms with Gasteiger partial charge in [-0.2, -0.15) is 5.10 Å². The SMILES string of the molecule is O=C(Cc1nccc2nn(Cc3ccc(OCC(F)F)c(Cl)c3)cc12)NCCO. The number of carbonyl (C=O) groups is 1. The number of nitrogens with one attached hydrogen (secondary N) is 1. The minimum Gasteiger partial charge on any atom is -0.486 e. The first-order valence-electron chi connectivity index (χ1n) is 8.84. The van der Waals surface area contributed by atoms with Crippen molar-refractivity contribution in [1.82, 2.24) is 20.1 Å². The number of ether oxygens (including phenoxy) is 1. The zero-order valence-electron chi connectivity index (χ0n) is 15.3. The van der Waals surface area contributed by atoms with E-state index in [1.165, 1.54) is 0 Å². The summed E-state index contributed by atoms with van der Waals surface area (Å²) in [5.41, 5.74) is 2.08. The number of benzene rings is 1. The van der Waals surface area contributed by atoms with Gasteiger partial charge in [-0.1, -0.05) is 17.7 Å². The van der Waals surface area contributed by atoms with E-state index < -0.39 is 13.0 Å². The number of halogens is 3. The number of rotatable bonds is 9. The molecule has 0 aliphatic carbocycles. The molecule has 7 nitrogen and oxygen atoms in total. The standard InChI is InChI=1S/C19H19ClF2N4O3/c20-14-7-12(1-2-17(14)29-11-18(21)22)9-26-10-13-15(25-26)3-4-23-16(13)8-19(28)24-5-6-27/h1-4,7,10,18,27H,5-6,8-9,11H2,(H,24,28). The van der Waals surface area contributed by atoms with Gasteiger partial charge in [-0.3, -0.25) is 14.5 Å². The van der Waals surface area contributed by atoms with E-state index in [1.54, 1.807) is 41.3 Å². The Hall–Kier alpha value is -2.78. The van der Waals surface area contributed by atoms with Crippen molar-refractivity contribution in [3.8, 4) is 5.75 Å². The van der Waals surface area contributed by atoms with E-state index in [4.69, 9.17) is 21.4 Å². The minimum absolute atomic E-state index is 0.0744. The van der Waals surface area contributed by atoms with Gasteiger partial charge in [0.05, 0.1) is 35.8 Å². The van der Waals surface area contributed by atoms with Gasteiger partial charge in [-0.05, 0) is 23.8 Å². The fourth-order valence-electron chi connectivity index (χ4n) is 2.78. The molecule has 2 N–H and O–H groups in total. The Morgan fingerprint density at radius 2 is 2.17 bits per heavy atom. The van der Waals surface area contributed by atoms with Crippen molar-refractivity contribution in [2.75, 3.05) is 19.8 Å². The first-order valence-corrected chi connectivity index (χ1v) is 9.22. The third kappa shape index (κ3) is 5.61. The third-order valence-corrected chi connectivity index (χ3v) is 4.33. The number of hydrogen-bond donors (Lipinski definition) is 2. The lowest BCUT2D eigenvalue weighted by atomic mass is 10.2. The van der Waals surface area contributed by atoms with Crippen LogP contribution in [0.2, 0.25) is 5.02 Å². The molecule has 10 heteroatoms. The molecular weight excluding hydrogens is 406 g/mol. The van der Waals surface area contributed by atoms with Crippen molar-refractivity contribution in [3.63, 3.8) is 0 Å². The maximum atomic E-state index is 12.3. The molecule has 0 atom stereocenters. The third-order valence-electron chi connectivity index (χ3n) is 4.03. The summed E-state index contributed by atoms with van der Waals surface area (Å²) in [4.78, 5) is 16.2. The van der Waals surface area contributed by atoms with Crippen LogP contribution < -0.4 is 10.1 Å². The topological polar surface area (TPSA) is 89.3 Å². The predicted molar refractivity (Wildman–Crippen MR) is 103 cm³/mol. The summed E-state index contributed by atoms with van der Waals surface area (Å²) < 4.78 is 31.2. The van der Waals surface area contributed by atoms with E-state index in [0.717, 1.165) is 10.9 Å². The number of aliphatic hydroxyl groups is 1. The highest BCUT2D eigenvalue weighted by Gasteiger charge is 2.12. The van der Waals surface area contributed by atoms with E-state index in [-0.39, 0.29) is 36.3 Å². The molecule has 0 saturated carbocycles. The summed E-state index contributed by atoms with van der Waals surface area (Å²) in [6.07, 6.45) is 0.869. The number of carbonyl (C=O) groups excluding carboxylic acids is 1. The molecule has 29 heavy (non-hydrogen) atoms. The van der Waals surface area contributed by atoms with Crippen molar-refractivity contribution in [2.24, 2.45) is 0 Å². The number of aromatic nitrogens is 3. The highest BCUT2D eigenvalue weighted by Crippen LogP contribution is 2.26. The van der Waals surface area contributed by atoms with Crippen LogP contribution in [-0.2, 0) is 17.8 Å². The molecule has 1 aromatic carbocycles. The Morgan fingerprint density at radius 3 is 2.90 bits per heavy atom. The summed E-state index contributed by atoms with van der Waals surface area (Å²) in [6, 6.07) is 6.65. The van der Waals surface area contributed by atoms with Crippen molar-refractivity contribution >= 4 is 28.4 Å². The molecule has 0 bridgehead atoms. The number of hydrogen-bond acceptors (Lipinski definition) is 5. The minimum atomic E-state index is -2.57. The monoisotopic (exact) mass is 424 g/mol. The van der Waals surface area contributed by atoms with Crippen LogP contribution in [0.1, 0.15) is 11.3 Å². The maximum Gasteiger partial charge on any atom is 0.272 e. The predicted octanol–water partition coefficient (Wildman–Crippen LogP) is 2.43. The van der Waals surface area contributed by atoms with Crippen LogP contribution in [0.25, 0.3) is 10.9 Å². The maximum absolute atomic E-state index is 12.3. The van der Waals surface area contributed by atoms with Gasteiger partial charge in [0.15, 0.2) is 0 Å². The molecule has 2 heterocycles. The number of fused-ring (bicyclic) bond motifs is 1. The molecule has 3 aromatic rings.